The molecule has 2 rings (SSSR count). The Morgan fingerprint density at radius 3 is 2.62 bits per heavy atom. The topological polar surface area (TPSA) is 97.8 Å². The van der Waals surface area contributed by atoms with Crippen molar-refractivity contribution in [3.05, 3.63) is 30.1 Å². The SMILES string of the molecule is CC(C)C(N)CCN(C)C(=O)c1nc(S(C)(=O)=O)n2ccccc12. The predicted molar refractivity (Wildman–Crippen MR) is 92.7 cm³/mol. The van der Waals surface area contributed by atoms with Gasteiger partial charge in [-0.25, -0.2) is 13.4 Å². The second-order valence-electron chi connectivity index (χ2n) is 6.39. The number of rotatable bonds is 6. The van der Waals surface area contributed by atoms with Crippen molar-refractivity contribution in [2.24, 2.45) is 11.7 Å². The number of hydrogen-bond acceptors (Lipinski definition) is 5. The Kier molecular flexibility index (Phi) is 5.29. The van der Waals surface area contributed by atoms with Gasteiger partial charge in [-0.3, -0.25) is 9.20 Å². The van der Waals surface area contributed by atoms with E-state index < -0.39 is 9.84 Å². The van der Waals surface area contributed by atoms with Crippen LogP contribution in [0.25, 0.3) is 5.52 Å². The van der Waals surface area contributed by atoms with Crippen LogP contribution in [0.1, 0.15) is 30.8 Å². The lowest BCUT2D eigenvalue weighted by Crippen LogP contribution is -2.34. The maximum atomic E-state index is 12.7. The van der Waals surface area contributed by atoms with Crippen molar-refractivity contribution in [2.75, 3.05) is 19.8 Å². The van der Waals surface area contributed by atoms with E-state index in [0.717, 1.165) is 6.26 Å². The number of pyridine rings is 1. The summed E-state index contributed by atoms with van der Waals surface area (Å²) < 4.78 is 25.3. The number of fused-ring (bicyclic) bond motifs is 1. The van der Waals surface area contributed by atoms with Gasteiger partial charge in [0.1, 0.15) is 0 Å². The number of hydrogen-bond donors (Lipinski definition) is 1. The van der Waals surface area contributed by atoms with Crippen molar-refractivity contribution in [3.63, 3.8) is 0 Å². The van der Waals surface area contributed by atoms with Crippen LogP contribution in [0.4, 0.5) is 0 Å². The number of amides is 1. The van der Waals surface area contributed by atoms with E-state index >= 15 is 0 Å². The highest BCUT2D eigenvalue weighted by molar-refractivity contribution is 7.90. The highest BCUT2D eigenvalue weighted by atomic mass is 32.2. The highest BCUT2D eigenvalue weighted by Crippen LogP contribution is 2.18. The van der Waals surface area contributed by atoms with Crippen LogP contribution < -0.4 is 5.73 Å². The number of nitrogens with two attached hydrogens (primary N) is 1. The third kappa shape index (κ3) is 3.76. The molecule has 24 heavy (non-hydrogen) atoms. The molecule has 0 radical (unpaired) electrons. The summed E-state index contributed by atoms with van der Waals surface area (Å²) in [5.41, 5.74) is 6.63. The van der Waals surface area contributed by atoms with Crippen LogP contribution in [-0.2, 0) is 9.84 Å². The first-order valence-electron chi connectivity index (χ1n) is 7.81. The molecular weight excluding hydrogens is 328 g/mol. The van der Waals surface area contributed by atoms with Crippen molar-refractivity contribution < 1.29 is 13.2 Å². The zero-order valence-corrected chi connectivity index (χ0v) is 15.2. The first kappa shape index (κ1) is 18.4. The Morgan fingerprint density at radius 2 is 2.04 bits per heavy atom. The second-order valence-corrected chi connectivity index (χ2v) is 8.30. The van der Waals surface area contributed by atoms with Crippen LogP contribution in [0.3, 0.4) is 0 Å². The van der Waals surface area contributed by atoms with E-state index in [1.54, 1.807) is 31.4 Å². The zero-order valence-electron chi connectivity index (χ0n) is 14.4. The Balaban J connectivity index is 2.33. The Labute approximate surface area is 142 Å². The molecule has 1 atom stereocenters. The molecule has 132 valence electrons. The monoisotopic (exact) mass is 352 g/mol. The molecule has 2 N–H and O–H groups in total. The molecule has 0 aliphatic carbocycles. The minimum absolute atomic E-state index is 0.00516. The molecule has 0 saturated heterocycles. The minimum Gasteiger partial charge on any atom is -0.340 e. The van der Waals surface area contributed by atoms with Gasteiger partial charge in [-0.05, 0) is 24.5 Å². The molecule has 1 unspecified atom stereocenters. The summed E-state index contributed by atoms with van der Waals surface area (Å²) in [4.78, 5) is 18.3. The molecule has 2 aromatic heterocycles. The lowest BCUT2D eigenvalue weighted by Gasteiger charge is -2.21. The quantitative estimate of drug-likeness (QED) is 0.842. The molecule has 2 aromatic rings. The molecule has 8 heteroatoms. The molecule has 1 amide bonds. The molecule has 2 heterocycles. The number of sulfone groups is 1. The lowest BCUT2D eigenvalue weighted by molar-refractivity contribution is 0.0785. The third-order valence-electron chi connectivity index (χ3n) is 4.05. The van der Waals surface area contributed by atoms with Crippen molar-refractivity contribution >= 4 is 21.3 Å². The Bertz CT molecular complexity index is 842. The average molecular weight is 352 g/mol. The van der Waals surface area contributed by atoms with E-state index in [9.17, 15) is 13.2 Å². The third-order valence-corrected chi connectivity index (χ3v) is 5.00. The first-order valence-corrected chi connectivity index (χ1v) is 9.70. The lowest BCUT2D eigenvalue weighted by atomic mass is 10.0. The van der Waals surface area contributed by atoms with Crippen LogP contribution in [0.15, 0.2) is 29.6 Å². The highest BCUT2D eigenvalue weighted by Gasteiger charge is 2.24. The van der Waals surface area contributed by atoms with Gasteiger partial charge in [0.2, 0.25) is 15.0 Å². The standard InChI is InChI=1S/C16H24N4O3S/c1-11(2)12(17)8-10-19(3)15(21)14-13-7-5-6-9-20(13)16(18-14)24(4,22)23/h5-7,9,11-12H,8,10,17H2,1-4H3. The van der Waals surface area contributed by atoms with Crippen LogP contribution >= 0.6 is 0 Å². The smallest absolute Gasteiger partial charge is 0.274 e. The summed E-state index contributed by atoms with van der Waals surface area (Å²) in [6.45, 7) is 4.56. The van der Waals surface area contributed by atoms with Gasteiger partial charge < -0.3 is 10.6 Å². The van der Waals surface area contributed by atoms with E-state index in [-0.39, 0.29) is 22.8 Å². The Hall–Kier alpha value is -1.93. The summed E-state index contributed by atoms with van der Waals surface area (Å²) >= 11 is 0. The number of aromatic nitrogens is 2. The maximum Gasteiger partial charge on any atom is 0.274 e. The van der Waals surface area contributed by atoms with E-state index in [1.165, 1.54) is 9.30 Å². The number of carbonyl (C=O) groups excluding carboxylic acids is 1. The van der Waals surface area contributed by atoms with Gasteiger partial charge >= 0.3 is 0 Å². The van der Waals surface area contributed by atoms with Crippen LogP contribution in [-0.4, -0.2) is 54.5 Å². The molecule has 0 aromatic carbocycles. The number of nitrogens with zero attached hydrogens (tertiary/aromatic N) is 3. The summed E-state index contributed by atoms with van der Waals surface area (Å²) in [6, 6.07) is 5.13. The number of imidazole rings is 1. The molecular formula is C16H24N4O3S. The summed E-state index contributed by atoms with van der Waals surface area (Å²) in [5, 5.41) is -0.131. The maximum absolute atomic E-state index is 12.7. The van der Waals surface area contributed by atoms with Gasteiger partial charge in [-0.1, -0.05) is 19.9 Å². The molecule has 0 spiro atoms. The van der Waals surface area contributed by atoms with Gasteiger partial charge in [0.15, 0.2) is 5.69 Å². The van der Waals surface area contributed by atoms with E-state index in [2.05, 4.69) is 4.98 Å². The minimum atomic E-state index is -3.54. The average Bonchev–Trinajstić information content (AvgIpc) is 2.91. The molecule has 0 bridgehead atoms. The largest absolute Gasteiger partial charge is 0.340 e. The zero-order chi connectivity index (χ0) is 18.1. The van der Waals surface area contributed by atoms with Crippen molar-refractivity contribution in [1.29, 1.82) is 0 Å². The molecule has 0 saturated carbocycles. The predicted octanol–water partition coefficient (Wildman–Crippen LogP) is 1.18. The number of carbonyl (C=O) groups is 1. The first-order chi connectivity index (χ1) is 11.1. The van der Waals surface area contributed by atoms with E-state index in [0.29, 0.717) is 24.4 Å². The second kappa shape index (κ2) is 6.90. The molecule has 0 aliphatic rings. The Morgan fingerprint density at radius 1 is 1.38 bits per heavy atom. The molecule has 7 nitrogen and oxygen atoms in total. The summed E-state index contributed by atoms with van der Waals surface area (Å²) in [6.07, 6.45) is 3.34. The fourth-order valence-corrected chi connectivity index (χ4v) is 3.16. The van der Waals surface area contributed by atoms with Gasteiger partial charge in [0.05, 0.1) is 5.52 Å². The summed E-state index contributed by atoms with van der Waals surface area (Å²) in [7, 11) is -1.87. The van der Waals surface area contributed by atoms with E-state index in [4.69, 9.17) is 5.73 Å². The van der Waals surface area contributed by atoms with Crippen LogP contribution in [0.5, 0.6) is 0 Å². The van der Waals surface area contributed by atoms with Crippen molar-refractivity contribution in [1.82, 2.24) is 14.3 Å². The van der Waals surface area contributed by atoms with Crippen LogP contribution in [0.2, 0.25) is 0 Å². The molecule has 0 aliphatic heterocycles. The van der Waals surface area contributed by atoms with Gasteiger partial charge in [-0.15, -0.1) is 0 Å². The fraction of sp³-hybridized carbons (Fsp3) is 0.500. The van der Waals surface area contributed by atoms with E-state index in [1.807, 2.05) is 13.8 Å². The van der Waals surface area contributed by atoms with Gasteiger partial charge in [0, 0.05) is 32.1 Å². The van der Waals surface area contributed by atoms with Crippen molar-refractivity contribution in [2.45, 2.75) is 31.5 Å². The molecule has 0 fully saturated rings. The fourth-order valence-electron chi connectivity index (χ4n) is 2.39. The van der Waals surface area contributed by atoms with Gasteiger partial charge in [-0.2, -0.15) is 0 Å². The van der Waals surface area contributed by atoms with Crippen molar-refractivity contribution in [3.8, 4) is 0 Å². The normalized spacial score (nSPS) is 13.4. The van der Waals surface area contributed by atoms with Gasteiger partial charge in [0.25, 0.3) is 5.91 Å². The summed E-state index contributed by atoms with van der Waals surface area (Å²) in [5.74, 6) is 0.0170. The van der Waals surface area contributed by atoms with Crippen LogP contribution in [0, 0.1) is 5.92 Å².